The van der Waals surface area contributed by atoms with Gasteiger partial charge in [-0.2, -0.15) is 0 Å². The van der Waals surface area contributed by atoms with E-state index >= 15 is 0 Å². The molecule has 104 valence electrons. The van der Waals surface area contributed by atoms with Crippen LogP contribution in [0.15, 0.2) is 12.4 Å². The molecule has 2 atom stereocenters. The normalized spacial score (nSPS) is 23.2. The van der Waals surface area contributed by atoms with E-state index in [-0.39, 0.29) is 18.0 Å². The Bertz CT molecular complexity index is 422. The van der Waals surface area contributed by atoms with Crippen molar-refractivity contribution in [1.29, 1.82) is 0 Å². The van der Waals surface area contributed by atoms with Crippen molar-refractivity contribution in [3.05, 3.63) is 18.1 Å². The zero-order valence-electron chi connectivity index (χ0n) is 11.9. The number of hydrogen-bond acceptors (Lipinski definition) is 4. The molecule has 0 spiro atoms. The lowest BCUT2D eigenvalue weighted by Crippen LogP contribution is -2.47. The average Bonchev–Trinajstić information content (AvgIpc) is 2.39. The molecule has 2 unspecified atom stereocenters. The fourth-order valence-electron chi connectivity index (χ4n) is 2.66. The first-order chi connectivity index (χ1) is 9.13. The van der Waals surface area contributed by atoms with Crippen LogP contribution >= 0.6 is 0 Å². The smallest absolute Gasteiger partial charge is 0.274 e. The molecule has 0 saturated carbocycles. The van der Waals surface area contributed by atoms with E-state index in [1.165, 1.54) is 6.42 Å². The molecule has 1 aromatic heterocycles. The monoisotopic (exact) mass is 262 g/mol. The molecule has 5 nitrogen and oxygen atoms in total. The van der Waals surface area contributed by atoms with Crippen molar-refractivity contribution in [2.24, 2.45) is 0 Å². The maximum Gasteiger partial charge on any atom is 0.274 e. The van der Waals surface area contributed by atoms with E-state index in [1.54, 1.807) is 12.4 Å². The minimum Gasteiger partial charge on any atom is -0.369 e. The summed E-state index contributed by atoms with van der Waals surface area (Å²) >= 11 is 0. The summed E-state index contributed by atoms with van der Waals surface area (Å²) in [5.74, 6) is 0.703. The van der Waals surface area contributed by atoms with Gasteiger partial charge in [-0.1, -0.05) is 0 Å². The Morgan fingerprint density at radius 2 is 2.00 bits per heavy atom. The van der Waals surface area contributed by atoms with Crippen LogP contribution in [0.25, 0.3) is 0 Å². The van der Waals surface area contributed by atoms with Gasteiger partial charge in [-0.05, 0) is 40.0 Å². The Morgan fingerprint density at radius 3 is 2.53 bits per heavy atom. The molecular formula is C14H22N4O. The van der Waals surface area contributed by atoms with Crippen molar-refractivity contribution in [1.82, 2.24) is 14.9 Å². The number of anilines is 1. The number of piperidine rings is 1. The number of rotatable bonds is 3. The van der Waals surface area contributed by atoms with Crippen LogP contribution in [0.5, 0.6) is 0 Å². The first kappa shape index (κ1) is 13.8. The van der Waals surface area contributed by atoms with Crippen LogP contribution in [0.3, 0.4) is 0 Å². The summed E-state index contributed by atoms with van der Waals surface area (Å²) in [6.07, 6.45) is 6.51. The third-order valence-corrected chi connectivity index (χ3v) is 3.66. The first-order valence-electron chi connectivity index (χ1n) is 7.02. The van der Waals surface area contributed by atoms with E-state index in [0.29, 0.717) is 11.5 Å². The van der Waals surface area contributed by atoms with E-state index in [2.05, 4.69) is 29.1 Å². The maximum atomic E-state index is 12.5. The molecule has 1 fully saturated rings. The van der Waals surface area contributed by atoms with Gasteiger partial charge in [0.05, 0.1) is 12.4 Å². The molecule has 0 aromatic carbocycles. The average molecular weight is 262 g/mol. The molecule has 0 radical (unpaired) electrons. The van der Waals surface area contributed by atoms with Gasteiger partial charge in [0.15, 0.2) is 0 Å². The molecule has 1 saturated heterocycles. The number of carbonyl (C=O) groups is 1. The van der Waals surface area contributed by atoms with Crippen LogP contribution in [0.4, 0.5) is 5.82 Å². The lowest BCUT2D eigenvalue weighted by Gasteiger charge is -2.38. The molecule has 5 heteroatoms. The predicted octanol–water partition coefficient (Wildman–Crippen LogP) is 2.31. The number of aromatic nitrogens is 2. The number of hydrogen-bond donors (Lipinski definition) is 1. The van der Waals surface area contributed by atoms with E-state index in [1.807, 2.05) is 11.8 Å². The van der Waals surface area contributed by atoms with Gasteiger partial charge in [0, 0.05) is 18.6 Å². The lowest BCUT2D eigenvalue weighted by atomic mass is 9.97. The molecule has 1 aliphatic heterocycles. The molecule has 1 aromatic rings. The van der Waals surface area contributed by atoms with Crippen molar-refractivity contribution < 1.29 is 4.79 Å². The zero-order chi connectivity index (χ0) is 13.8. The van der Waals surface area contributed by atoms with Crippen molar-refractivity contribution in [3.8, 4) is 0 Å². The zero-order valence-corrected chi connectivity index (χ0v) is 11.9. The van der Waals surface area contributed by atoms with Gasteiger partial charge >= 0.3 is 0 Å². The van der Waals surface area contributed by atoms with Crippen molar-refractivity contribution >= 4 is 11.7 Å². The van der Waals surface area contributed by atoms with Crippen LogP contribution in [0.2, 0.25) is 0 Å². The summed E-state index contributed by atoms with van der Waals surface area (Å²) in [6, 6.07) is 0.568. The maximum absolute atomic E-state index is 12.5. The third-order valence-electron chi connectivity index (χ3n) is 3.66. The highest BCUT2D eigenvalue weighted by Gasteiger charge is 2.30. The van der Waals surface area contributed by atoms with Crippen LogP contribution < -0.4 is 5.32 Å². The van der Waals surface area contributed by atoms with Crippen LogP contribution in [-0.2, 0) is 0 Å². The standard InChI is InChI=1S/C14H22N4O/c1-4-15-13-9-16-12(8-17-13)14(19)18-10(2)6-5-7-11(18)3/h8-11H,4-7H2,1-3H3,(H,15,17). The number of nitrogens with one attached hydrogen (secondary N) is 1. The Kier molecular flexibility index (Phi) is 4.35. The van der Waals surface area contributed by atoms with Crippen molar-refractivity contribution in [3.63, 3.8) is 0 Å². The van der Waals surface area contributed by atoms with Crippen LogP contribution in [-0.4, -0.2) is 39.4 Å². The first-order valence-corrected chi connectivity index (χ1v) is 7.02. The molecule has 2 heterocycles. The fraction of sp³-hybridized carbons (Fsp3) is 0.643. The highest BCUT2D eigenvalue weighted by atomic mass is 16.2. The third kappa shape index (κ3) is 3.03. The second-order valence-electron chi connectivity index (χ2n) is 5.16. The van der Waals surface area contributed by atoms with E-state index < -0.39 is 0 Å². The van der Waals surface area contributed by atoms with E-state index in [9.17, 15) is 4.79 Å². The molecule has 19 heavy (non-hydrogen) atoms. The SMILES string of the molecule is CCNc1cnc(C(=O)N2C(C)CCCC2C)cn1. The summed E-state index contributed by atoms with van der Waals surface area (Å²) in [6.45, 7) is 7.00. The fourth-order valence-corrected chi connectivity index (χ4v) is 2.66. The number of nitrogens with zero attached hydrogens (tertiary/aromatic N) is 3. The molecule has 2 rings (SSSR count). The Balaban J connectivity index is 2.13. The molecule has 1 amide bonds. The quantitative estimate of drug-likeness (QED) is 0.908. The molecule has 1 N–H and O–H groups in total. The van der Waals surface area contributed by atoms with E-state index in [4.69, 9.17) is 0 Å². The number of amides is 1. The molecule has 0 bridgehead atoms. The van der Waals surface area contributed by atoms with Crippen LogP contribution in [0, 0.1) is 0 Å². The van der Waals surface area contributed by atoms with Gasteiger partial charge in [-0.25, -0.2) is 9.97 Å². The molecule has 1 aliphatic rings. The predicted molar refractivity (Wildman–Crippen MR) is 75.1 cm³/mol. The van der Waals surface area contributed by atoms with Crippen molar-refractivity contribution in [2.75, 3.05) is 11.9 Å². The highest BCUT2D eigenvalue weighted by Crippen LogP contribution is 2.24. The number of carbonyl (C=O) groups excluding carboxylic acids is 1. The number of likely N-dealkylation sites (tertiary alicyclic amines) is 1. The lowest BCUT2D eigenvalue weighted by molar-refractivity contribution is 0.0504. The topological polar surface area (TPSA) is 58.1 Å². The second kappa shape index (κ2) is 5.99. The Labute approximate surface area is 114 Å². The molecule has 0 aliphatic carbocycles. The summed E-state index contributed by atoms with van der Waals surface area (Å²) < 4.78 is 0. The summed E-state index contributed by atoms with van der Waals surface area (Å²) in [7, 11) is 0. The van der Waals surface area contributed by atoms with Gasteiger partial charge < -0.3 is 10.2 Å². The van der Waals surface area contributed by atoms with Crippen molar-refractivity contribution in [2.45, 2.75) is 52.1 Å². The summed E-state index contributed by atoms with van der Waals surface area (Å²) in [4.78, 5) is 22.9. The van der Waals surface area contributed by atoms with Crippen LogP contribution in [0.1, 0.15) is 50.5 Å². The van der Waals surface area contributed by atoms with Gasteiger partial charge in [0.2, 0.25) is 0 Å². The van der Waals surface area contributed by atoms with Gasteiger partial charge in [-0.3, -0.25) is 4.79 Å². The Morgan fingerprint density at radius 1 is 1.32 bits per heavy atom. The van der Waals surface area contributed by atoms with E-state index in [0.717, 1.165) is 19.4 Å². The van der Waals surface area contributed by atoms with Gasteiger partial charge in [-0.15, -0.1) is 0 Å². The Hall–Kier alpha value is -1.65. The largest absolute Gasteiger partial charge is 0.369 e. The molecular weight excluding hydrogens is 240 g/mol. The van der Waals surface area contributed by atoms with Gasteiger partial charge in [0.1, 0.15) is 11.5 Å². The minimum atomic E-state index is -0.00440. The highest BCUT2D eigenvalue weighted by molar-refractivity contribution is 5.92. The summed E-state index contributed by atoms with van der Waals surface area (Å²) in [5, 5.41) is 3.07. The second-order valence-corrected chi connectivity index (χ2v) is 5.16. The minimum absolute atomic E-state index is 0.00440. The van der Waals surface area contributed by atoms with Gasteiger partial charge in [0.25, 0.3) is 5.91 Å². The summed E-state index contributed by atoms with van der Waals surface area (Å²) in [5.41, 5.74) is 0.433.